The number of carbonyl (C=O) groups is 2. The number of esters is 1. The molecule has 1 atom stereocenters. The first-order valence-electron chi connectivity index (χ1n) is 9.17. The predicted octanol–water partition coefficient (Wildman–Crippen LogP) is 3.14. The third-order valence-corrected chi connectivity index (χ3v) is 5.93. The molecule has 0 saturated carbocycles. The molecule has 0 saturated heterocycles. The van der Waals surface area contributed by atoms with Gasteiger partial charge in [-0.1, -0.05) is 25.1 Å². The summed E-state index contributed by atoms with van der Waals surface area (Å²) in [6.45, 7) is 5.21. The van der Waals surface area contributed by atoms with Crippen LogP contribution in [-0.2, 0) is 26.0 Å². The average Bonchev–Trinajstić information content (AvgIpc) is 2.68. The van der Waals surface area contributed by atoms with E-state index in [1.165, 1.54) is 14.0 Å². The van der Waals surface area contributed by atoms with Gasteiger partial charge in [0.1, 0.15) is 6.04 Å². The quantitative estimate of drug-likeness (QED) is 0.698. The lowest BCUT2D eigenvalue weighted by molar-refractivity contribution is -0.116. The smallest absolute Gasteiger partial charge is 0.338 e. The maximum absolute atomic E-state index is 12.9. The molecule has 1 unspecified atom stereocenters. The summed E-state index contributed by atoms with van der Waals surface area (Å²) in [7, 11) is -2.43. The van der Waals surface area contributed by atoms with Crippen LogP contribution in [0.5, 0.6) is 0 Å². The number of benzene rings is 2. The summed E-state index contributed by atoms with van der Waals surface area (Å²) in [6, 6.07) is 10.9. The number of rotatable bonds is 7. The van der Waals surface area contributed by atoms with Crippen molar-refractivity contribution in [2.24, 2.45) is 0 Å². The molecule has 0 bridgehead atoms. The monoisotopic (exact) mass is 418 g/mol. The molecule has 0 radical (unpaired) electrons. The van der Waals surface area contributed by atoms with Crippen LogP contribution >= 0.6 is 0 Å². The average molecular weight is 419 g/mol. The van der Waals surface area contributed by atoms with Crippen molar-refractivity contribution in [2.75, 3.05) is 23.0 Å². The van der Waals surface area contributed by atoms with Crippen LogP contribution in [0, 0.1) is 6.92 Å². The number of hydrogen-bond donors (Lipinski definition) is 1. The predicted molar refractivity (Wildman–Crippen MR) is 114 cm³/mol. The largest absolute Gasteiger partial charge is 0.465 e. The van der Waals surface area contributed by atoms with Gasteiger partial charge in [-0.25, -0.2) is 13.2 Å². The summed E-state index contributed by atoms with van der Waals surface area (Å²) in [5.74, 6) is -1.03. The van der Waals surface area contributed by atoms with Crippen molar-refractivity contribution in [2.45, 2.75) is 33.2 Å². The number of nitrogens with zero attached hydrogens (tertiary/aromatic N) is 1. The molecule has 7 nitrogen and oxygen atoms in total. The molecule has 29 heavy (non-hydrogen) atoms. The molecule has 1 amide bonds. The van der Waals surface area contributed by atoms with E-state index < -0.39 is 27.9 Å². The number of nitrogens with one attached hydrogen (secondary N) is 1. The Hall–Kier alpha value is -2.87. The van der Waals surface area contributed by atoms with Gasteiger partial charge in [0.2, 0.25) is 15.9 Å². The van der Waals surface area contributed by atoms with E-state index in [-0.39, 0.29) is 0 Å². The molecule has 0 fully saturated rings. The fourth-order valence-corrected chi connectivity index (χ4v) is 4.20. The Morgan fingerprint density at radius 2 is 1.76 bits per heavy atom. The van der Waals surface area contributed by atoms with Crippen molar-refractivity contribution in [3.63, 3.8) is 0 Å². The fraction of sp³-hybridized carbons (Fsp3) is 0.333. The molecule has 0 heterocycles. The zero-order chi connectivity index (χ0) is 21.8. The van der Waals surface area contributed by atoms with E-state index in [2.05, 4.69) is 5.32 Å². The fourth-order valence-electron chi connectivity index (χ4n) is 3.03. The highest BCUT2D eigenvalue weighted by atomic mass is 32.2. The number of sulfonamides is 1. The minimum atomic E-state index is -3.71. The minimum absolute atomic E-state index is 0.327. The first-order valence-corrected chi connectivity index (χ1v) is 11.0. The van der Waals surface area contributed by atoms with Gasteiger partial charge in [0, 0.05) is 5.69 Å². The molecule has 0 aliphatic heterocycles. The molecular formula is C21H26N2O5S. The SMILES string of the molecule is CCc1ccc(N(C(C)C(=O)Nc2cccc(C(=O)OC)c2C)S(C)(=O)=O)cc1. The van der Waals surface area contributed by atoms with Crippen molar-refractivity contribution in [1.82, 2.24) is 0 Å². The maximum atomic E-state index is 12.9. The van der Waals surface area contributed by atoms with E-state index in [4.69, 9.17) is 4.74 Å². The van der Waals surface area contributed by atoms with Crippen LogP contribution in [0.25, 0.3) is 0 Å². The van der Waals surface area contributed by atoms with E-state index >= 15 is 0 Å². The third kappa shape index (κ3) is 5.14. The van der Waals surface area contributed by atoms with Gasteiger partial charge in [-0.15, -0.1) is 0 Å². The van der Waals surface area contributed by atoms with Crippen LogP contribution in [0.15, 0.2) is 42.5 Å². The number of methoxy groups -OCH3 is 1. The Balaban J connectivity index is 2.34. The molecule has 0 aliphatic rings. The van der Waals surface area contributed by atoms with Crippen molar-refractivity contribution in [3.8, 4) is 0 Å². The zero-order valence-corrected chi connectivity index (χ0v) is 18.0. The van der Waals surface area contributed by atoms with Crippen LogP contribution in [-0.4, -0.2) is 39.7 Å². The lowest BCUT2D eigenvalue weighted by atomic mass is 10.1. The van der Waals surface area contributed by atoms with Gasteiger partial charge in [0.15, 0.2) is 0 Å². The topological polar surface area (TPSA) is 92.8 Å². The zero-order valence-electron chi connectivity index (χ0n) is 17.2. The number of anilines is 2. The molecule has 2 aromatic rings. The van der Waals surface area contributed by atoms with Gasteiger partial charge >= 0.3 is 5.97 Å². The Bertz CT molecular complexity index is 1000. The van der Waals surface area contributed by atoms with E-state index in [0.29, 0.717) is 22.5 Å². The van der Waals surface area contributed by atoms with Crippen LogP contribution in [0.3, 0.4) is 0 Å². The lowest BCUT2D eigenvalue weighted by Gasteiger charge is -2.28. The normalized spacial score (nSPS) is 12.2. The number of ether oxygens (including phenoxy) is 1. The Labute approximate surface area is 171 Å². The molecule has 0 aliphatic carbocycles. The van der Waals surface area contributed by atoms with Crippen molar-refractivity contribution in [1.29, 1.82) is 0 Å². The summed E-state index contributed by atoms with van der Waals surface area (Å²) in [6.07, 6.45) is 1.89. The van der Waals surface area contributed by atoms with Crippen LogP contribution in [0.4, 0.5) is 11.4 Å². The van der Waals surface area contributed by atoms with E-state index in [9.17, 15) is 18.0 Å². The molecular weight excluding hydrogens is 392 g/mol. The van der Waals surface area contributed by atoms with Crippen molar-refractivity contribution < 1.29 is 22.7 Å². The van der Waals surface area contributed by atoms with E-state index in [0.717, 1.165) is 22.5 Å². The molecule has 156 valence electrons. The van der Waals surface area contributed by atoms with E-state index in [1.807, 2.05) is 19.1 Å². The Morgan fingerprint density at radius 3 is 2.28 bits per heavy atom. The molecule has 0 aromatic heterocycles. The second kappa shape index (κ2) is 9.09. The van der Waals surface area contributed by atoms with Gasteiger partial charge in [-0.05, 0) is 55.7 Å². The van der Waals surface area contributed by atoms with Gasteiger partial charge in [-0.2, -0.15) is 0 Å². The highest BCUT2D eigenvalue weighted by molar-refractivity contribution is 7.92. The second-order valence-corrected chi connectivity index (χ2v) is 8.57. The first-order chi connectivity index (χ1) is 13.6. The number of aryl methyl sites for hydroxylation is 1. The van der Waals surface area contributed by atoms with E-state index in [1.54, 1.807) is 37.3 Å². The Morgan fingerprint density at radius 1 is 1.14 bits per heavy atom. The highest BCUT2D eigenvalue weighted by Gasteiger charge is 2.29. The summed E-state index contributed by atoms with van der Waals surface area (Å²) in [5.41, 5.74) is 2.76. The van der Waals surface area contributed by atoms with Gasteiger partial charge in [0.25, 0.3) is 0 Å². The molecule has 2 aromatic carbocycles. The van der Waals surface area contributed by atoms with Gasteiger partial charge in [0.05, 0.1) is 24.6 Å². The minimum Gasteiger partial charge on any atom is -0.465 e. The molecule has 1 N–H and O–H groups in total. The summed E-state index contributed by atoms with van der Waals surface area (Å²) in [5, 5.41) is 2.72. The number of amides is 1. The van der Waals surface area contributed by atoms with Crippen molar-refractivity contribution >= 4 is 33.3 Å². The first kappa shape index (κ1) is 22.4. The lowest BCUT2D eigenvalue weighted by Crippen LogP contribution is -2.45. The van der Waals surface area contributed by atoms with Gasteiger partial charge in [-0.3, -0.25) is 9.10 Å². The van der Waals surface area contributed by atoms with Crippen LogP contribution in [0.2, 0.25) is 0 Å². The van der Waals surface area contributed by atoms with Crippen LogP contribution < -0.4 is 9.62 Å². The molecule has 8 heteroatoms. The summed E-state index contributed by atoms with van der Waals surface area (Å²) < 4.78 is 30.7. The van der Waals surface area contributed by atoms with Crippen molar-refractivity contribution in [3.05, 3.63) is 59.2 Å². The second-order valence-electron chi connectivity index (χ2n) is 6.71. The standard InChI is InChI=1S/C21H26N2O5S/c1-6-16-10-12-17(13-11-16)23(29(5,26)27)15(3)20(24)22-19-9-7-8-18(14(19)2)21(25)28-4/h7-13,15H,6H2,1-5H3,(H,22,24). The highest BCUT2D eigenvalue weighted by Crippen LogP contribution is 2.24. The maximum Gasteiger partial charge on any atom is 0.338 e. The molecule has 0 spiro atoms. The molecule has 2 rings (SSSR count). The summed E-state index contributed by atoms with van der Waals surface area (Å²) >= 11 is 0. The third-order valence-electron chi connectivity index (χ3n) is 4.68. The van der Waals surface area contributed by atoms with Gasteiger partial charge < -0.3 is 10.1 Å². The number of carbonyl (C=O) groups excluding carboxylic acids is 2. The van der Waals surface area contributed by atoms with Crippen LogP contribution in [0.1, 0.15) is 35.3 Å². The Kier molecular flexibility index (Phi) is 7.02. The number of hydrogen-bond acceptors (Lipinski definition) is 5. The summed E-state index contributed by atoms with van der Waals surface area (Å²) in [4.78, 5) is 24.7.